The monoisotopic (exact) mass is 244 g/mol. The summed E-state index contributed by atoms with van der Waals surface area (Å²) in [7, 11) is 0. The summed E-state index contributed by atoms with van der Waals surface area (Å²) in [5, 5.41) is 11.7. The largest absolute Gasteiger partial charge is 0.344 e. The number of anilines is 1. The Morgan fingerprint density at radius 2 is 2.28 bits per heavy atom. The molecule has 2 rings (SSSR count). The molecule has 0 saturated heterocycles. The molecule has 1 N–H and O–H groups in total. The van der Waals surface area contributed by atoms with Crippen LogP contribution in [0, 0.1) is 18.3 Å². The third-order valence-corrected chi connectivity index (χ3v) is 3.04. The van der Waals surface area contributed by atoms with E-state index < -0.39 is 0 Å². The second kappa shape index (κ2) is 6.36. The minimum Gasteiger partial charge on any atom is -0.344 e. The average Bonchev–Trinajstić information content (AvgIpc) is 3.20. The molecule has 0 radical (unpaired) electrons. The number of nitrogens with one attached hydrogen (secondary N) is 1. The maximum absolute atomic E-state index is 5.41. The van der Waals surface area contributed by atoms with Gasteiger partial charge in [-0.25, -0.2) is 0 Å². The zero-order valence-electron chi connectivity index (χ0n) is 10.9. The van der Waals surface area contributed by atoms with E-state index in [2.05, 4.69) is 33.3 Å². The lowest BCUT2D eigenvalue weighted by Gasteiger charge is -2.20. The molecule has 1 aliphatic rings. The molecule has 0 spiro atoms. The lowest BCUT2D eigenvalue weighted by Crippen LogP contribution is -2.27. The maximum atomic E-state index is 5.41. The maximum Gasteiger partial charge on any atom is 0.152 e. The topological polar surface area (TPSA) is 41.0 Å². The van der Waals surface area contributed by atoms with Gasteiger partial charge in [-0.05, 0) is 37.4 Å². The summed E-state index contributed by atoms with van der Waals surface area (Å²) in [5.74, 6) is 4.38. The Balaban J connectivity index is 1.98. The van der Waals surface area contributed by atoms with Crippen molar-refractivity contribution in [1.82, 2.24) is 15.5 Å². The van der Waals surface area contributed by atoms with Crippen molar-refractivity contribution in [2.45, 2.75) is 26.3 Å². The fourth-order valence-electron chi connectivity index (χ4n) is 1.83. The molecule has 0 amide bonds. The van der Waals surface area contributed by atoms with Gasteiger partial charge < -0.3 is 10.2 Å². The Hall–Kier alpha value is -1.60. The van der Waals surface area contributed by atoms with E-state index in [1.165, 1.54) is 12.8 Å². The molecule has 1 saturated carbocycles. The van der Waals surface area contributed by atoms with Crippen LogP contribution in [-0.4, -0.2) is 29.8 Å². The van der Waals surface area contributed by atoms with E-state index in [4.69, 9.17) is 6.42 Å². The average molecular weight is 244 g/mol. The zero-order valence-corrected chi connectivity index (χ0v) is 10.9. The first-order valence-corrected chi connectivity index (χ1v) is 6.55. The molecule has 1 fully saturated rings. The summed E-state index contributed by atoms with van der Waals surface area (Å²) in [6.07, 6.45) is 8.03. The van der Waals surface area contributed by atoms with Crippen LogP contribution < -0.4 is 10.2 Å². The summed E-state index contributed by atoms with van der Waals surface area (Å²) < 4.78 is 0. The molecule has 96 valence electrons. The molecular formula is C14H20N4. The van der Waals surface area contributed by atoms with Crippen molar-refractivity contribution in [3.63, 3.8) is 0 Å². The van der Waals surface area contributed by atoms with Crippen molar-refractivity contribution in [3.05, 3.63) is 17.8 Å². The van der Waals surface area contributed by atoms with Crippen LogP contribution in [0.3, 0.4) is 0 Å². The molecule has 0 atom stereocenters. The third kappa shape index (κ3) is 3.71. The summed E-state index contributed by atoms with van der Waals surface area (Å²) in [5.41, 5.74) is 0.965. The molecular weight excluding hydrogens is 224 g/mol. The van der Waals surface area contributed by atoms with Gasteiger partial charge >= 0.3 is 0 Å². The van der Waals surface area contributed by atoms with Crippen molar-refractivity contribution in [1.29, 1.82) is 0 Å². The van der Waals surface area contributed by atoms with Crippen LogP contribution in [0.1, 0.15) is 25.5 Å². The number of rotatable bonds is 7. The number of terminal acetylenes is 1. The van der Waals surface area contributed by atoms with Gasteiger partial charge in [-0.2, -0.15) is 5.10 Å². The summed E-state index contributed by atoms with van der Waals surface area (Å²) in [4.78, 5) is 2.14. The number of nitrogens with zero attached hydrogens (tertiary/aromatic N) is 3. The van der Waals surface area contributed by atoms with Gasteiger partial charge in [-0.15, -0.1) is 11.5 Å². The predicted molar refractivity (Wildman–Crippen MR) is 73.2 cm³/mol. The highest BCUT2D eigenvalue weighted by molar-refractivity contribution is 5.39. The minimum atomic E-state index is 0.609. The predicted octanol–water partition coefficient (Wildman–Crippen LogP) is 1.44. The molecule has 1 aromatic heterocycles. The Bertz CT molecular complexity index is 403. The third-order valence-electron chi connectivity index (χ3n) is 3.04. The fraction of sp³-hybridized carbons (Fsp3) is 0.571. The smallest absolute Gasteiger partial charge is 0.152 e. The molecule has 18 heavy (non-hydrogen) atoms. The quantitative estimate of drug-likeness (QED) is 0.737. The molecule has 4 nitrogen and oxygen atoms in total. The fourth-order valence-corrected chi connectivity index (χ4v) is 1.83. The van der Waals surface area contributed by atoms with Crippen molar-refractivity contribution < 1.29 is 0 Å². The standard InChI is InChI=1S/C14H20N4/c1-3-9-18(11-12-5-6-12)14-8-7-13(16-17-14)10-15-4-2/h1,7-8,12,15H,4-6,9-11H2,2H3. The molecule has 0 bridgehead atoms. The van der Waals surface area contributed by atoms with Gasteiger partial charge in [0, 0.05) is 13.1 Å². The Morgan fingerprint density at radius 1 is 1.44 bits per heavy atom. The van der Waals surface area contributed by atoms with Crippen LogP contribution in [0.2, 0.25) is 0 Å². The first kappa shape index (κ1) is 12.8. The highest BCUT2D eigenvalue weighted by Gasteiger charge is 2.24. The van der Waals surface area contributed by atoms with Crippen molar-refractivity contribution in [3.8, 4) is 12.3 Å². The lowest BCUT2D eigenvalue weighted by atomic mass is 10.3. The second-order valence-corrected chi connectivity index (χ2v) is 4.69. The summed E-state index contributed by atoms with van der Waals surface area (Å²) in [6.45, 7) is 5.39. The van der Waals surface area contributed by atoms with Crippen LogP contribution in [0.5, 0.6) is 0 Å². The highest BCUT2D eigenvalue weighted by atomic mass is 15.3. The number of hydrogen-bond acceptors (Lipinski definition) is 4. The van der Waals surface area contributed by atoms with Gasteiger partial charge in [-0.3, -0.25) is 0 Å². The van der Waals surface area contributed by atoms with E-state index in [1.54, 1.807) is 0 Å². The normalized spacial score (nSPS) is 14.2. The van der Waals surface area contributed by atoms with Gasteiger partial charge in [0.1, 0.15) is 0 Å². The van der Waals surface area contributed by atoms with Crippen LogP contribution in [-0.2, 0) is 6.54 Å². The molecule has 4 heteroatoms. The van der Waals surface area contributed by atoms with E-state index in [0.717, 1.165) is 37.1 Å². The van der Waals surface area contributed by atoms with E-state index in [0.29, 0.717) is 6.54 Å². The number of hydrogen-bond donors (Lipinski definition) is 1. The van der Waals surface area contributed by atoms with Crippen molar-refractivity contribution in [2.24, 2.45) is 5.92 Å². The first-order chi connectivity index (χ1) is 8.83. The van der Waals surface area contributed by atoms with Gasteiger partial charge in [0.25, 0.3) is 0 Å². The molecule has 0 unspecified atom stereocenters. The van der Waals surface area contributed by atoms with Crippen LogP contribution in [0.4, 0.5) is 5.82 Å². The van der Waals surface area contributed by atoms with E-state index >= 15 is 0 Å². The van der Waals surface area contributed by atoms with Crippen LogP contribution in [0.25, 0.3) is 0 Å². The van der Waals surface area contributed by atoms with E-state index in [1.807, 2.05) is 12.1 Å². The second-order valence-electron chi connectivity index (χ2n) is 4.69. The number of aromatic nitrogens is 2. The Labute approximate surface area is 109 Å². The van der Waals surface area contributed by atoms with E-state index in [9.17, 15) is 0 Å². The van der Waals surface area contributed by atoms with Crippen molar-refractivity contribution >= 4 is 5.82 Å². The Kier molecular flexibility index (Phi) is 4.54. The first-order valence-electron chi connectivity index (χ1n) is 6.55. The van der Waals surface area contributed by atoms with Crippen LogP contribution in [0.15, 0.2) is 12.1 Å². The van der Waals surface area contributed by atoms with Gasteiger partial charge in [0.05, 0.1) is 12.2 Å². The van der Waals surface area contributed by atoms with Gasteiger partial charge in [0.15, 0.2) is 5.82 Å². The minimum absolute atomic E-state index is 0.609. The highest BCUT2D eigenvalue weighted by Crippen LogP contribution is 2.30. The SMILES string of the molecule is C#CCN(CC1CC1)c1ccc(CNCC)nn1. The van der Waals surface area contributed by atoms with Gasteiger partial charge in [-0.1, -0.05) is 12.8 Å². The van der Waals surface area contributed by atoms with Crippen LogP contribution >= 0.6 is 0 Å². The molecule has 1 heterocycles. The molecule has 0 aromatic carbocycles. The molecule has 1 aliphatic carbocycles. The van der Waals surface area contributed by atoms with E-state index in [-0.39, 0.29) is 0 Å². The summed E-state index contributed by atoms with van der Waals surface area (Å²) >= 11 is 0. The van der Waals surface area contributed by atoms with Gasteiger partial charge in [0.2, 0.25) is 0 Å². The molecule has 0 aliphatic heterocycles. The molecule has 1 aromatic rings. The van der Waals surface area contributed by atoms with Crippen molar-refractivity contribution in [2.75, 3.05) is 24.5 Å². The lowest BCUT2D eigenvalue weighted by molar-refractivity contribution is 0.691. The zero-order chi connectivity index (χ0) is 12.8. The summed E-state index contributed by atoms with van der Waals surface area (Å²) in [6, 6.07) is 4.03. The Morgan fingerprint density at radius 3 is 2.83 bits per heavy atom.